The van der Waals surface area contributed by atoms with Gasteiger partial charge in [0.25, 0.3) is 0 Å². The largest absolute Gasteiger partial charge is 0.487 e. The zero-order chi connectivity index (χ0) is 23.5. The lowest BCUT2D eigenvalue weighted by molar-refractivity contribution is -0.392. The SMILES string of the molecule is Cc1ncc([N+](=O)[O-])n1Cc1nnc(SCC(=O)Nc2ccc(OC(F)(F)Cl)cc2)n1C. The van der Waals surface area contributed by atoms with Gasteiger partial charge in [-0.2, -0.15) is 0 Å². The maximum absolute atomic E-state index is 12.6. The molecule has 170 valence electrons. The number of aryl methyl sites for hydroxylation is 1. The topological polar surface area (TPSA) is 130 Å². The van der Waals surface area contributed by atoms with Gasteiger partial charge in [0.1, 0.15) is 11.9 Å². The third-order valence-electron chi connectivity index (χ3n) is 4.15. The number of nitro groups is 1. The zero-order valence-electron chi connectivity index (χ0n) is 16.7. The van der Waals surface area contributed by atoms with Crippen LogP contribution in [0.2, 0.25) is 0 Å². The first-order valence-corrected chi connectivity index (χ1v) is 10.2. The molecular formula is C17H16ClF2N7O4S. The Balaban J connectivity index is 1.57. The number of rotatable bonds is 9. The summed E-state index contributed by atoms with van der Waals surface area (Å²) >= 11 is 5.81. The van der Waals surface area contributed by atoms with Gasteiger partial charge in [0.2, 0.25) is 5.91 Å². The number of anilines is 1. The molecule has 0 spiro atoms. The molecule has 0 atom stereocenters. The number of thioether (sulfide) groups is 1. The fraction of sp³-hybridized carbons (Fsp3) is 0.294. The lowest BCUT2D eigenvalue weighted by Crippen LogP contribution is -2.16. The second-order valence-electron chi connectivity index (χ2n) is 6.37. The average molecular weight is 488 g/mol. The Morgan fingerprint density at radius 3 is 2.66 bits per heavy atom. The number of nitrogens with one attached hydrogen (secondary N) is 1. The van der Waals surface area contributed by atoms with Gasteiger partial charge in [0, 0.05) is 31.3 Å². The molecule has 2 heterocycles. The zero-order valence-corrected chi connectivity index (χ0v) is 18.2. The predicted octanol–water partition coefficient (Wildman–Crippen LogP) is 3.18. The van der Waals surface area contributed by atoms with Crippen molar-refractivity contribution in [3.8, 4) is 5.75 Å². The Hall–Kier alpha value is -3.26. The van der Waals surface area contributed by atoms with Crippen LogP contribution in [0.5, 0.6) is 5.75 Å². The van der Waals surface area contributed by atoms with Crippen molar-refractivity contribution < 1.29 is 23.2 Å². The van der Waals surface area contributed by atoms with Crippen LogP contribution < -0.4 is 10.1 Å². The van der Waals surface area contributed by atoms with Gasteiger partial charge in [0.05, 0.1) is 5.75 Å². The molecule has 11 nitrogen and oxygen atoms in total. The molecule has 0 saturated heterocycles. The summed E-state index contributed by atoms with van der Waals surface area (Å²) in [7, 11) is 1.68. The summed E-state index contributed by atoms with van der Waals surface area (Å²) in [5.41, 5.74) is -3.44. The van der Waals surface area contributed by atoms with Crippen LogP contribution in [0.4, 0.5) is 20.3 Å². The van der Waals surface area contributed by atoms with Gasteiger partial charge >= 0.3 is 11.4 Å². The quantitative estimate of drug-likeness (QED) is 0.211. The monoisotopic (exact) mass is 487 g/mol. The van der Waals surface area contributed by atoms with Crippen molar-refractivity contribution in [1.82, 2.24) is 24.3 Å². The van der Waals surface area contributed by atoms with Crippen LogP contribution in [0, 0.1) is 17.0 Å². The van der Waals surface area contributed by atoms with Crippen molar-refractivity contribution in [2.45, 2.75) is 24.2 Å². The van der Waals surface area contributed by atoms with Gasteiger partial charge in [-0.05, 0) is 29.2 Å². The molecule has 2 aromatic heterocycles. The highest BCUT2D eigenvalue weighted by Crippen LogP contribution is 2.26. The van der Waals surface area contributed by atoms with E-state index in [-0.39, 0.29) is 29.8 Å². The second-order valence-corrected chi connectivity index (χ2v) is 7.76. The third kappa shape index (κ3) is 5.91. The van der Waals surface area contributed by atoms with E-state index in [1.54, 1.807) is 18.5 Å². The first kappa shape index (κ1) is 23.4. The van der Waals surface area contributed by atoms with Gasteiger partial charge in [0.15, 0.2) is 23.4 Å². The number of ether oxygens (including phenoxy) is 1. The molecule has 1 amide bonds. The Bertz CT molecular complexity index is 1130. The fourth-order valence-electron chi connectivity index (χ4n) is 2.61. The van der Waals surface area contributed by atoms with Crippen molar-refractivity contribution in [2.24, 2.45) is 7.05 Å². The number of benzene rings is 1. The van der Waals surface area contributed by atoms with E-state index < -0.39 is 10.5 Å². The number of aromatic nitrogens is 5. The van der Waals surface area contributed by atoms with Crippen LogP contribution in [-0.2, 0) is 18.4 Å². The summed E-state index contributed by atoms with van der Waals surface area (Å²) in [4.78, 5) is 26.7. The molecule has 1 N–H and O–H groups in total. The summed E-state index contributed by atoms with van der Waals surface area (Å²) in [6, 6.07) is 5.26. The number of carbonyl (C=O) groups is 1. The number of amides is 1. The lowest BCUT2D eigenvalue weighted by atomic mass is 10.3. The van der Waals surface area contributed by atoms with E-state index in [1.165, 1.54) is 35.0 Å². The van der Waals surface area contributed by atoms with Crippen LogP contribution >= 0.6 is 23.4 Å². The molecule has 32 heavy (non-hydrogen) atoms. The Kier molecular flexibility index (Phi) is 6.93. The number of hydrogen-bond acceptors (Lipinski definition) is 8. The minimum absolute atomic E-state index is 0.00573. The summed E-state index contributed by atoms with van der Waals surface area (Å²) < 4.78 is 32.5. The molecule has 0 aliphatic heterocycles. The standard InChI is InChI=1S/C17H16ClF2N7O4S/c1-10-21-7-15(27(29)30)26(10)8-13-23-24-16(25(13)2)32-9-14(28)22-11-3-5-12(6-4-11)31-17(18,19)20/h3-7H,8-9H2,1-2H3,(H,22,28). The molecular weight excluding hydrogens is 472 g/mol. The van der Waals surface area contributed by atoms with E-state index in [2.05, 4.69) is 25.2 Å². The highest BCUT2D eigenvalue weighted by Gasteiger charge is 2.27. The normalized spacial score (nSPS) is 11.4. The number of carbonyl (C=O) groups excluding carboxylic acids is 1. The minimum atomic E-state index is -3.82. The van der Waals surface area contributed by atoms with E-state index in [0.29, 0.717) is 22.5 Å². The van der Waals surface area contributed by atoms with Gasteiger partial charge in [-0.3, -0.25) is 4.79 Å². The fourth-order valence-corrected chi connectivity index (χ4v) is 3.43. The molecule has 0 aliphatic rings. The van der Waals surface area contributed by atoms with Gasteiger partial charge in [-0.15, -0.1) is 19.0 Å². The van der Waals surface area contributed by atoms with Crippen LogP contribution in [0.25, 0.3) is 0 Å². The number of halogens is 3. The van der Waals surface area contributed by atoms with Crippen molar-refractivity contribution in [1.29, 1.82) is 0 Å². The van der Waals surface area contributed by atoms with Gasteiger partial charge in [-0.1, -0.05) is 11.8 Å². The number of hydrogen-bond donors (Lipinski definition) is 1. The van der Waals surface area contributed by atoms with E-state index in [4.69, 9.17) is 11.6 Å². The van der Waals surface area contributed by atoms with Crippen molar-refractivity contribution >= 4 is 40.8 Å². The first-order valence-electron chi connectivity index (χ1n) is 8.86. The molecule has 1 aromatic carbocycles. The lowest BCUT2D eigenvalue weighted by Gasteiger charge is -2.11. The molecule has 15 heteroatoms. The van der Waals surface area contributed by atoms with E-state index in [0.717, 1.165) is 11.8 Å². The summed E-state index contributed by atoms with van der Waals surface area (Å²) in [6.45, 7) is 1.73. The Morgan fingerprint density at radius 2 is 2.03 bits per heavy atom. The van der Waals surface area contributed by atoms with E-state index in [9.17, 15) is 23.7 Å². The van der Waals surface area contributed by atoms with Crippen LogP contribution in [0.3, 0.4) is 0 Å². The second kappa shape index (κ2) is 9.48. The van der Waals surface area contributed by atoms with Gasteiger partial charge in [-0.25, -0.2) is 9.55 Å². The molecule has 0 bridgehead atoms. The van der Waals surface area contributed by atoms with E-state index >= 15 is 0 Å². The predicted molar refractivity (Wildman–Crippen MR) is 111 cm³/mol. The number of imidazole rings is 1. The van der Waals surface area contributed by atoms with Crippen molar-refractivity contribution in [2.75, 3.05) is 11.1 Å². The smallest absolute Gasteiger partial charge is 0.420 e. The third-order valence-corrected chi connectivity index (χ3v) is 5.25. The van der Waals surface area contributed by atoms with Gasteiger partial charge < -0.3 is 24.7 Å². The van der Waals surface area contributed by atoms with Crippen molar-refractivity contribution in [3.05, 3.63) is 52.2 Å². The first-order chi connectivity index (χ1) is 15.0. The molecule has 0 saturated carbocycles. The Morgan fingerprint density at radius 1 is 1.34 bits per heavy atom. The van der Waals surface area contributed by atoms with Crippen LogP contribution in [-0.4, -0.2) is 46.5 Å². The molecule has 0 unspecified atom stereocenters. The minimum Gasteiger partial charge on any atom is -0.420 e. The molecule has 0 aliphatic carbocycles. The maximum Gasteiger partial charge on any atom is 0.487 e. The highest BCUT2D eigenvalue weighted by molar-refractivity contribution is 7.99. The molecule has 0 radical (unpaired) electrons. The summed E-state index contributed by atoms with van der Waals surface area (Å²) in [6.07, 6.45) is 1.17. The maximum atomic E-state index is 12.6. The Labute approximate surface area is 188 Å². The molecule has 3 aromatic rings. The van der Waals surface area contributed by atoms with Crippen molar-refractivity contribution in [3.63, 3.8) is 0 Å². The van der Waals surface area contributed by atoms with Crippen LogP contribution in [0.15, 0.2) is 35.6 Å². The number of alkyl halides is 3. The van der Waals surface area contributed by atoms with E-state index in [1.807, 2.05) is 0 Å². The average Bonchev–Trinajstić information content (AvgIpc) is 3.24. The molecule has 0 fully saturated rings. The highest BCUT2D eigenvalue weighted by atomic mass is 35.5. The summed E-state index contributed by atoms with van der Waals surface area (Å²) in [5, 5.41) is 22.2. The molecule has 3 rings (SSSR count). The summed E-state index contributed by atoms with van der Waals surface area (Å²) in [5.74, 6) is 0.219. The van der Waals surface area contributed by atoms with Crippen LogP contribution in [0.1, 0.15) is 11.6 Å². The number of nitrogens with zero attached hydrogens (tertiary/aromatic N) is 6.